The fourth-order valence-corrected chi connectivity index (χ4v) is 0.701. The van der Waals surface area contributed by atoms with Crippen molar-refractivity contribution in [2.24, 2.45) is 0 Å². The molecular weight excluding hydrogens is 314 g/mol. The number of aromatic nitrogens is 4. The maximum Gasteiger partial charge on any atom is 0.105 e. The Morgan fingerprint density at radius 2 is 2.36 bits per heavy atom. The van der Waals surface area contributed by atoms with E-state index >= 15 is 0 Å². The molecule has 0 atom stereocenters. The summed E-state index contributed by atoms with van der Waals surface area (Å²) in [4.78, 5) is 14.1. The third kappa shape index (κ3) is 1.38. The van der Waals surface area contributed by atoms with Crippen LogP contribution in [0.25, 0.3) is 11.2 Å². The smallest absolute Gasteiger partial charge is 0.105 e. The first-order valence-electron chi connectivity index (χ1n) is 2.70. The molecule has 2 aromatic heterocycles. The molecule has 5 nitrogen and oxygen atoms in total. The molecule has 0 spiro atoms. The molecule has 11 heavy (non-hydrogen) atoms. The SMILES string of the molecule is Nc1n[c-]c2[nH]cnc2n1.[W]. The van der Waals surface area contributed by atoms with Gasteiger partial charge in [0.05, 0.1) is 12.0 Å². The number of aromatic amines is 1. The van der Waals surface area contributed by atoms with Crippen LogP contribution in [0.4, 0.5) is 5.95 Å². The van der Waals surface area contributed by atoms with E-state index in [2.05, 4.69) is 26.1 Å². The first-order chi connectivity index (χ1) is 4.86. The summed E-state index contributed by atoms with van der Waals surface area (Å²) in [6, 6.07) is 0. The fourth-order valence-electron chi connectivity index (χ4n) is 0.701. The maximum atomic E-state index is 5.28. The Kier molecular flexibility index (Phi) is 2.19. The predicted octanol–water partition coefficient (Wildman–Crippen LogP) is -0.267. The minimum absolute atomic E-state index is 0. The number of imidazole rings is 1. The number of fused-ring (bicyclic) bond motifs is 1. The van der Waals surface area contributed by atoms with Crippen molar-refractivity contribution in [3.8, 4) is 0 Å². The van der Waals surface area contributed by atoms with E-state index in [1.807, 2.05) is 0 Å². The van der Waals surface area contributed by atoms with Crippen molar-refractivity contribution < 1.29 is 21.1 Å². The summed E-state index contributed by atoms with van der Waals surface area (Å²) in [5.41, 5.74) is 6.50. The molecule has 56 valence electrons. The van der Waals surface area contributed by atoms with Crippen LogP contribution >= 0.6 is 0 Å². The van der Waals surface area contributed by atoms with Gasteiger partial charge >= 0.3 is 0 Å². The number of nitrogens with one attached hydrogen (secondary N) is 1. The van der Waals surface area contributed by atoms with E-state index in [1.165, 1.54) is 6.33 Å². The summed E-state index contributed by atoms with van der Waals surface area (Å²) in [7, 11) is 0. The van der Waals surface area contributed by atoms with E-state index in [9.17, 15) is 0 Å². The molecule has 0 bridgehead atoms. The number of nitrogens with zero attached hydrogens (tertiary/aromatic N) is 3. The third-order valence-corrected chi connectivity index (χ3v) is 1.12. The maximum absolute atomic E-state index is 5.28. The number of nitrogen functional groups attached to an aromatic ring is 1. The van der Waals surface area contributed by atoms with Crippen LogP contribution in [0.15, 0.2) is 6.33 Å². The van der Waals surface area contributed by atoms with Gasteiger partial charge in [-0.3, -0.25) is 4.98 Å². The van der Waals surface area contributed by atoms with Crippen LogP contribution in [-0.2, 0) is 21.1 Å². The standard InChI is InChI=1S/C5H4N5.W/c6-5-7-1-3-4(10-5)9-2-8-3;/h2H,(H3,6,7,8,9,10);/q-1;. The van der Waals surface area contributed by atoms with Gasteiger partial charge in [0.1, 0.15) is 5.95 Å². The Bertz CT molecular complexity index is 356. The molecular formula is C5H4N5W-. The van der Waals surface area contributed by atoms with Crippen molar-refractivity contribution in [2.75, 3.05) is 5.73 Å². The Morgan fingerprint density at radius 3 is 3.18 bits per heavy atom. The molecule has 0 aliphatic carbocycles. The monoisotopic (exact) mass is 318 g/mol. The second-order valence-corrected chi connectivity index (χ2v) is 1.79. The molecule has 0 unspecified atom stereocenters. The van der Waals surface area contributed by atoms with Crippen molar-refractivity contribution in [3.63, 3.8) is 0 Å². The summed E-state index contributed by atoms with van der Waals surface area (Å²) < 4.78 is 0. The second kappa shape index (κ2) is 2.96. The summed E-state index contributed by atoms with van der Waals surface area (Å²) in [5, 5.41) is 0. The minimum atomic E-state index is 0. The van der Waals surface area contributed by atoms with Gasteiger partial charge in [-0.05, 0) is 11.7 Å². The molecule has 0 aromatic carbocycles. The quantitative estimate of drug-likeness (QED) is 0.656. The van der Waals surface area contributed by atoms with Gasteiger partial charge < -0.3 is 20.7 Å². The van der Waals surface area contributed by atoms with E-state index in [-0.39, 0.29) is 27.0 Å². The molecule has 2 heterocycles. The van der Waals surface area contributed by atoms with Crippen LogP contribution in [-0.4, -0.2) is 19.9 Å². The fraction of sp³-hybridized carbons (Fsp3) is 0. The molecule has 0 amide bonds. The zero-order chi connectivity index (χ0) is 6.97. The van der Waals surface area contributed by atoms with Crippen molar-refractivity contribution in [2.45, 2.75) is 0 Å². The number of hydrogen-bond donors (Lipinski definition) is 2. The molecule has 0 radical (unpaired) electrons. The average Bonchev–Trinajstić information content (AvgIpc) is 2.33. The van der Waals surface area contributed by atoms with Crippen molar-refractivity contribution in [1.82, 2.24) is 19.9 Å². The van der Waals surface area contributed by atoms with Crippen LogP contribution in [0.3, 0.4) is 0 Å². The first kappa shape index (κ1) is 8.14. The van der Waals surface area contributed by atoms with E-state index in [4.69, 9.17) is 5.73 Å². The van der Waals surface area contributed by atoms with E-state index in [1.54, 1.807) is 0 Å². The number of rotatable bonds is 0. The molecule has 2 aromatic rings. The van der Waals surface area contributed by atoms with E-state index in [0.717, 1.165) is 0 Å². The molecule has 2 rings (SSSR count). The largest absolute Gasteiger partial charge is 0.420 e. The minimum Gasteiger partial charge on any atom is -0.420 e. The van der Waals surface area contributed by atoms with Gasteiger partial charge in [-0.2, -0.15) is 0 Å². The molecule has 6 heteroatoms. The third-order valence-electron chi connectivity index (χ3n) is 1.12. The zero-order valence-electron chi connectivity index (χ0n) is 5.40. The van der Waals surface area contributed by atoms with Gasteiger partial charge in [0.15, 0.2) is 0 Å². The topological polar surface area (TPSA) is 80.5 Å². The Hall–Kier alpha value is -0.962. The summed E-state index contributed by atoms with van der Waals surface area (Å²) in [6.45, 7) is 0. The van der Waals surface area contributed by atoms with Crippen LogP contribution in [0.5, 0.6) is 0 Å². The van der Waals surface area contributed by atoms with Crippen molar-refractivity contribution in [1.29, 1.82) is 0 Å². The van der Waals surface area contributed by atoms with E-state index < -0.39 is 0 Å². The van der Waals surface area contributed by atoms with Crippen molar-refractivity contribution >= 4 is 17.1 Å². The van der Waals surface area contributed by atoms with Gasteiger partial charge in [0.25, 0.3) is 0 Å². The summed E-state index contributed by atoms with van der Waals surface area (Å²) in [6.07, 6.45) is 4.17. The van der Waals surface area contributed by atoms with Gasteiger partial charge in [-0.1, -0.05) is 0 Å². The van der Waals surface area contributed by atoms with Crippen LogP contribution in [0, 0.1) is 6.20 Å². The van der Waals surface area contributed by atoms with Crippen LogP contribution < -0.4 is 5.73 Å². The number of H-pyrrole nitrogens is 1. The Labute approximate surface area is 76.7 Å². The molecule has 0 fully saturated rings. The summed E-state index contributed by atoms with van der Waals surface area (Å²) in [5.74, 6) is 0.194. The number of nitrogens with two attached hydrogens (primary N) is 1. The normalized spacial score (nSPS) is 9.45. The Morgan fingerprint density at radius 1 is 1.55 bits per heavy atom. The molecule has 3 N–H and O–H groups in total. The molecule has 0 saturated carbocycles. The summed E-state index contributed by atoms with van der Waals surface area (Å²) >= 11 is 0. The van der Waals surface area contributed by atoms with E-state index in [0.29, 0.717) is 11.2 Å². The molecule has 0 aliphatic rings. The van der Waals surface area contributed by atoms with Crippen LogP contribution in [0.2, 0.25) is 0 Å². The zero-order valence-corrected chi connectivity index (χ0v) is 8.34. The van der Waals surface area contributed by atoms with Gasteiger partial charge in [-0.25, -0.2) is 0 Å². The predicted molar refractivity (Wildman–Crippen MR) is 34.9 cm³/mol. The van der Waals surface area contributed by atoms with Crippen LogP contribution in [0.1, 0.15) is 0 Å². The average molecular weight is 318 g/mol. The second-order valence-electron chi connectivity index (χ2n) is 1.79. The van der Waals surface area contributed by atoms with Gasteiger partial charge in [0.2, 0.25) is 0 Å². The Balaban J connectivity index is 0.000000605. The number of anilines is 1. The molecule has 0 aliphatic heterocycles. The first-order valence-corrected chi connectivity index (χ1v) is 2.70. The van der Waals surface area contributed by atoms with Gasteiger partial charge in [0, 0.05) is 21.1 Å². The molecule has 0 saturated heterocycles. The van der Waals surface area contributed by atoms with Crippen molar-refractivity contribution in [3.05, 3.63) is 12.5 Å². The van der Waals surface area contributed by atoms with Gasteiger partial charge in [-0.15, -0.1) is 0 Å². The number of hydrogen-bond acceptors (Lipinski definition) is 4.